The Morgan fingerprint density at radius 2 is 1.96 bits per heavy atom. The van der Waals surface area contributed by atoms with Crippen LogP contribution in [0, 0.1) is 11.3 Å². The summed E-state index contributed by atoms with van der Waals surface area (Å²) in [7, 11) is 1.63. The first kappa shape index (κ1) is 18.4. The molecule has 1 amide bonds. The number of nitriles is 1. The molecule has 2 aromatic rings. The van der Waals surface area contributed by atoms with Crippen molar-refractivity contribution in [2.75, 3.05) is 19.0 Å². The molecule has 0 radical (unpaired) electrons. The Morgan fingerprint density at radius 1 is 1.24 bits per heavy atom. The van der Waals surface area contributed by atoms with Crippen LogP contribution in [0.15, 0.2) is 60.3 Å². The van der Waals surface area contributed by atoms with E-state index in [9.17, 15) is 4.79 Å². The van der Waals surface area contributed by atoms with E-state index in [0.717, 1.165) is 11.3 Å². The highest BCUT2D eigenvalue weighted by Gasteiger charge is 2.09. The molecule has 25 heavy (non-hydrogen) atoms. The van der Waals surface area contributed by atoms with Crippen molar-refractivity contribution in [1.29, 1.82) is 5.26 Å². The monoisotopic (exact) mass is 355 g/mol. The van der Waals surface area contributed by atoms with Crippen molar-refractivity contribution in [1.82, 2.24) is 5.32 Å². The van der Waals surface area contributed by atoms with Gasteiger partial charge in [-0.1, -0.05) is 29.8 Å². The molecule has 0 saturated heterocycles. The molecule has 2 N–H and O–H groups in total. The zero-order chi connectivity index (χ0) is 18.1. The molecule has 0 aromatic heterocycles. The molecule has 0 atom stereocenters. The van der Waals surface area contributed by atoms with Gasteiger partial charge in [0.1, 0.15) is 17.4 Å². The van der Waals surface area contributed by atoms with E-state index in [1.165, 1.54) is 6.20 Å². The van der Waals surface area contributed by atoms with Gasteiger partial charge in [0.25, 0.3) is 5.91 Å². The van der Waals surface area contributed by atoms with Crippen molar-refractivity contribution in [2.45, 2.75) is 6.42 Å². The van der Waals surface area contributed by atoms with Crippen LogP contribution in [0.25, 0.3) is 0 Å². The molecule has 128 valence electrons. The molecular formula is C19H18ClN3O2. The van der Waals surface area contributed by atoms with Gasteiger partial charge >= 0.3 is 0 Å². The Hall–Kier alpha value is -2.97. The topological polar surface area (TPSA) is 74.1 Å². The number of halogens is 1. The molecule has 2 rings (SSSR count). The molecule has 0 heterocycles. The number of amides is 1. The molecule has 0 saturated carbocycles. The normalized spacial score (nSPS) is 10.7. The Labute approximate surface area is 151 Å². The molecule has 5 nitrogen and oxygen atoms in total. The number of methoxy groups -OCH3 is 1. The van der Waals surface area contributed by atoms with Crippen LogP contribution in [0.1, 0.15) is 5.56 Å². The van der Waals surface area contributed by atoms with Gasteiger partial charge in [-0.2, -0.15) is 5.26 Å². The first-order valence-corrected chi connectivity index (χ1v) is 8.04. The number of carbonyl (C=O) groups excluding carboxylic acids is 1. The van der Waals surface area contributed by atoms with E-state index in [1.807, 2.05) is 30.3 Å². The first-order valence-electron chi connectivity index (χ1n) is 7.66. The van der Waals surface area contributed by atoms with Crippen molar-refractivity contribution in [2.24, 2.45) is 0 Å². The lowest BCUT2D eigenvalue weighted by molar-refractivity contribution is -0.112. The van der Waals surface area contributed by atoms with Crippen LogP contribution in [-0.2, 0) is 11.2 Å². The van der Waals surface area contributed by atoms with Crippen molar-refractivity contribution in [3.63, 3.8) is 0 Å². The van der Waals surface area contributed by atoms with Gasteiger partial charge in [0, 0.05) is 23.5 Å². The number of hydrogen-bond acceptors (Lipinski definition) is 4. The van der Waals surface area contributed by atoms with E-state index in [-0.39, 0.29) is 5.57 Å². The van der Waals surface area contributed by atoms with Gasteiger partial charge in [-0.05, 0) is 42.3 Å². The quantitative estimate of drug-likeness (QED) is 0.452. The largest absolute Gasteiger partial charge is 0.496 e. The number of hydrogen-bond donors (Lipinski definition) is 2. The second kappa shape index (κ2) is 9.36. The smallest absolute Gasteiger partial charge is 0.267 e. The Kier molecular flexibility index (Phi) is 6.87. The predicted molar refractivity (Wildman–Crippen MR) is 98.5 cm³/mol. The number of nitrogens with zero attached hydrogens (tertiary/aromatic N) is 1. The highest BCUT2D eigenvalue weighted by molar-refractivity contribution is 6.30. The SMILES string of the molecule is COc1ccccc1CCN/C=C(/C#N)C(=O)Nc1ccc(Cl)cc1. The summed E-state index contributed by atoms with van der Waals surface area (Å²) in [5, 5.41) is 15.4. The van der Waals surface area contributed by atoms with Gasteiger partial charge in [-0.25, -0.2) is 0 Å². The van der Waals surface area contributed by atoms with Gasteiger partial charge < -0.3 is 15.4 Å². The number of para-hydroxylation sites is 1. The predicted octanol–water partition coefficient (Wildman–Crippen LogP) is 3.53. The third-order valence-electron chi connectivity index (χ3n) is 3.44. The Balaban J connectivity index is 1.90. The fourth-order valence-corrected chi connectivity index (χ4v) is 2.30. The number of carbonyl (C=O) groups is 1. The minimum atomic E-state index is -0.477. The van der Waals surface area contributed by atoms with Crippen molar-refractivity contribution in [3.05, 3.63) is 70.9 Å². The lowest BCUT2D eigenvalue weighted by Gasteiger charge is -2.08. The molecule has 0 aliphatic rings. The summed E-state index contributed by atoms with van der Waals surface area (Å²) in [4.78, 5) is 12.1. The number of anilines is 1. The van der Waals surface area contributed by atoms with E-state index in [0.29, 0.717) is 23.7 Å². The van der Waals surface area contributed by atoms with Crippen LogP contribution in [0.4, 0.5) is 5.69 Å². The van der Waals surface area contributed by atoms with Gasteiger partial charge in [0.2, 0.25) is 0 Å². The maximum absolute atomic E-state index is 12.1. The van der Waals surface area contributed by atoms with Gasteiger partial charge in [-0.3, -0.25) is 4.79 Å². The summed E-state index contributed by atoms with van der Waals surface area (Å²) < 4.78 is 5.29. The van der Waals surface area contributed by atoms with E-state index in [2.05, 4.69) is 10.6 Å². The Bertz CT molecular complexity index is 795. The van der Waals surface area contributed by atoms with E-state index in [1.54, 1.807) is 31.4 Å². The van der Waals surface area contributed by atoms with Crippen LogP contribution >= 0.6 is 11.6 Å². The number of rotatable bonds is 7. The summed E-state index contributed by atoms with van der Waals surface area (Å²) in [6.07, 6.45) is 2.12. The molecule has 6 heteroatoms. The van der Waals surface area contributed by atoms with Crippen LogP contribution < -0.4 is 15.4 Å². The third-order valence-corrected chi connectivity index (χ3v) is 3.70. The van der Waals surface area contributed by atoms with Gasteiger partial charge in [0.15, 0.2) is 0 Å². The van der Waals surface area contributed by atoms with Crippen molar-refractivity contribution in [3.8, 4) is 11.8 Å². The van der Waals surface area contributed by atoms with Crippen molar-refractivity contribution < 1.29 is 9.53 Å². The molecule has 2 aromatic carbocycles. The second-order valence-corrected chi connectivity index (χ2v) is 5.58. The zero-order valence-corrected chi connectivity index (χ0v) is 14.5. The van der Waals surface area contributed by atoms with Crippen LogP contribution in [0.2, 0.25) is 5.02 Å². The standard InChI is InChI=1S/C19H18ClN3O2/c1-25-18-5-3-2-4-14(18)10-11-22-13-15(12-21)19(24)23-17-8-6-16(20)7-9-17/h2-9,13,22H,10-11H2,1H3,(H,23,24)/b15-13-. The minimum absolute atomic E-state index is 0.00465. The maximum atomic E-state index is 12.1. The van der Waals surface area contributed by atoms with Crippen LogP contribution in [-0.4, -0.2) is 19.6 Å². The minimum Gasteiger partial charge on any atom is -0.496 e. The fraction of sp³-hybridized carbons (Fsp3) is 0.158. The zero-order valence-electron chi connectivity index (χ0n) is 13.8. The number of benzene rings is 2. The van der Waals surface area contributed by atoms with E-state index in [4.69, 9.17) is 21.6 Å². The molecule has 0 spiro atoms. The summed E-state index contributed by atoms with van der Waals surface area (Å²) in [6, 6.07) is 16.3. The molecular weight excluding hydrogens is 338 g/mol. The number of nitrogens with one attached hydrogen (secondary N) is 2. The first-order chi connectivity index (χ1) is 12.1. The van der Waals surface area contributed by atoms with Crippen molar-refractivity contribution >= 4 is 23.2 Å². The molecule has 0 unspecified atom stereocenters. The maximum Gasteiger partial charge on any atom is 0.267 e. The number of ether oxygens (including phenoxy) is 1. The molecule has 0 aliphatic heterocycles. The van der Waals surface area contributed by atoms with Gasteiger partial charge in [-0.15, -0.1) is 0 Å². The van der Waals surface area contributed by atoms with E-state index >= 15 is 0 Å². The fourth-order valence-electron chi connectivity index (χ4n) is 2.17. The average Bonchev–Trinajstić information content (AvgIpc) is 2.64. The summed E-state index contributed by atoms with van der Waals surface area (Å²) >= 11 is 5.80. The average molecular weight is 356 g/mol. The summed E-state index contributed by atoms with van der Waals surface area (Å²) in [5.74, 6) is 0.337. The second-order valence-electron chi connectivity index (χ2n) is 5.15. The molecule has 0 aliphatic carbocycles. The van der Waals surface area contributed by atoms with Crippen LogP contribution in [0.3, 0.4) is 0 Å². The Morgan fingerprint density at radius 3 is 2.64 bits per heavy atom. The highest BCUT2D eigenvalue weighted by Crippen LogP contribution is 2.17. The van der Waals surface area contributed by atoms with Gasteiger partial charge in [0.05, 0.1) is 7.11 Å². The lowest BCUT2D eigenvalue weighted by atomic mass is 10.1. The third kappa shape index (κ3) is 5.55. The van der Waals surface area contributed by atoms with E-state index < -0.39 is 5.91 Å². The molecule has 0 fully saturated rings. The molecule has 0 bridgehead atoms. The summed E-state index contributed by atoms with van der Waals surface area (Å²) in [6.45, 7) is 0.569. The summed E-state index contributed by atoms with van der Waals surface area (Å²) in [5.41, 5.74) is 1.62. The highest BCUT2D eigenvalue weighted by atomic mass is 35.5. The lowest BCUT2D eigenvalue weighted by Crippen LogP contribution is -2.18. The van der Waals surface area contributed by atoms with Crippen LogP contribution in [0.5, 0.6) is 5.75 Å².